The first kappa shape index (κ1) is 42.1. The molecule has 12 aromatic carbocycles. The van der Waals surface area contributed by atoms with Crippen molar-refractivity contribution in [3.05, 3.63) is 267 Å². The molecule has 0 aliphatic rings. The van der Waals surface area contributed by atoms with Crippen LogP contribution in [0.25, 0.3) is 122 Å². The Bertz CT molecular complexity index is 3900. The molecule has 0 saturated carbocycles. The number of hydrogen-bond donors (Lipinski definition) is 2. The van der Waals surface area contributed by atoms with Gasteiger partial charge in [0.25, 0.3) is 0 Å². The van der Waals surface area contributed by atoms with Gasteiger partial charge in [-0.2, -0.15) is 0 Å². The highest BCUT2D eigenvalue weighted by Gasteiger charge is 2.31. The zero-order valence-corrected chi connectivity index (χ0v) is 38.6. The maximum atomic E-state index is 7.91. The Hall–Kier alpha value is -9.24. The molecule has 2 heteroatoms. The van der Waals surface area contributed by atoms with Crippen molar-refractivity contribution in [2.75, 3.05) is 11.5 Å². The van der Waals surface area contributed by atoms with Crippen LogP contribution in [0.3, 0.4) is 0 Å². The third kappa shape index (κ3) is 7.31. The van der Waals surface area contributed by atoms with Crippen molar-refractivity contribution in [3.63, 3.8) is 0 Å². The number of nitrogen functional groups attached to an aromatic ring is 2. The molecule has 0 aromatic heterocycles. The van der Waals surface area contributed by atoms with Crippen molar-refractivity contribution in [1.29, 1.82) is 0 Å². The zero-order chi connectivity index (χ0) is 47.0. The maximum Gasteiger partial charge on any atom is 0.0640 e. The van der Waals surface area contributed by atoms with Crippen LogP contribution in [0.5, 0.6) is 0 Å². The van der Waals surface area contributed by atoms with Gasteiger partial charge in [-0.25, -0.2) is 0 Å². The minimum atomic E-state index is 0.525. The molecule has 2 nitrogen and oxygen atoms in total. The first-order valence-corrected chi connectivity index (χ1v) is 23.9. The minimum Gasteiger partial charge on any atom is -0.397 e. The molecule has 4 N–H and O–H groups in total. The van der Waals surface area contributed by atoms with Crippen LogP contribution in [-0.4, -0.2) is 0 Å². The second-order valence-corrected chi connectivity index (χ2v) is 17.8. The molecule has 0 fully saturated rings. The Morgan fingerprint density at radius 2 is 0.414 bits per heavy atom. The zero-order valence-electron chi connectivity index (χ0n) is 38.6. The van der Waals surface area contributed by atoms with E-state index in [0.717, 1.165) is 100 Å². The van der Waals surface area contributed by atoms with Crippen LogP contribution in [0.2, 0.25) is 0 Å². The van der Waals surface area contributed by atoms with Gasteiger partial charge in [0.1, 0.15) is 0 Å². The smallest absolute Gasteiger partial charge is 0.0640 e. The van der Waals surface area contributed by atoms with Crippen molar-refractivity contribution in [3.8, 4) is 100 Å². The van der Waals surface area contributed by atoms with E-state index in [1.807, 2.05) is 0 Å². The summed E-state index contributed by atoms with van der Waals surface area (Å²) in [6.07, 6.45) is 0. The van der Waals surface area contributed by atoms with Crippen LogP contribution < -0.4 is 11.5 Å². The van der Waals surface area contributed by atoms with Crippen molar-refractivity contribution >= 4 is 32.9 Å². The lowest BCUT2D eigenvalue weighted by atomic mass is 9.75. The highest BCUT2D eigenvalue weighted by atomic mass is 14.7. The Morgan fingerprint density at radius 1 is 0.171 bits per heavy atom. The predicted molar refractivity (Wildman–Crippen MR) is 299 cm³/mol. The molecule has 12 aromatic rings. The summed E-state index contributed by atoms with van der Waals surface area (Å²) >= 11 is 0. The highest BCUT2D eigenvalue weighted by Crippen LogP contribution is 2.58. The summed E-state index contributed by atoms with van der Waals surface area (Å²) in [7, 11) is 0. The lowest BCUT2D eigenvalue weighted by Gasteiger charge is -2.29. The lowest BCUT2D eigenvalue weighted by molar-refractivity contribution is 1.52. The van der Waals surface area contributed by atoms with Gasteiger partial charge in [0.05, 0.1) is 11.4 Å². The molecule has 70 heavy (non-hydrogen) atoms. The Morgan fingerprint density at radius 3 is 0.829 bits per heavy atom. The third-order valence-corrected chi connectivity index (χ3v) is 13.9. The molecule has 0 saturated heterocycles. The van der Waals surface area contributed by atoms with Gasteiger partial charge in [-0.05, 0) is 99.4 Å². The topological polar surface area (TPSA) is 52.0 Å². The van der Waals surface area contributed by atoms with E-state index in [-0.39, 0.29) is 0 Å². The summed E-state index contributed by atoms with van der Waals surface area (Å²) < 4.78 is 0. The van der Waals surface area contributed by atoms with Crippen LogP contribution >= 0.6 is 0 Å². The molecule has 330 valence electrons. The lowest BCUT2D eigenvalue weighted by Crippen LogP contribution is -2.07. The van der Waals surface area contributed by atoms with Gasteiger partial charge in [-0.1, -0.05) is 267 Å². The van der Waals surface area contributed by atoms with Crippen molar-refractivity contribution < 1.29 is 0 Å². The highest BCUT2D eigenvalue weighted by molar-refractivity contribution is 6.18. The van der Waals surface area contributed by atoms with E-state index >= 15 is 0 Å². The van der Waals surface area contributed by atoms with Crippen LogP contribution in [0, 0.1) is 0 Å². The number of nitrogens with two attached hydrogens (primary N) is 2. The fourth-order valence-corrected chi connectivity index (χ4v) is 10.8. The summed E-state index contributed by atoms with van der Waals surface area (Å²) in [6.45, 7) is 0. The molecule has 0 amide bonds. The summed E-state index contributed by atoms with van der Waals surface area (Å²) in [5.41, 5.74) is 35.8. The normalized spacial score (nSPS) is 11.3. The van der Waals surface area contributed by atoms with Gasteiger partial charge in [0, 0.05) is 22.3 Å². The Balaban J connectivity index is 1.29. The number of fused-ring (bicyclic) bond motifs is 2. The van der Waals surface area contributed by atoms with E-state index in [0.29, 0.717) is 11.4 Å². The van der Waals surface area contributed by atoms with E-state index in [4.69, 9.17) is 11.5 Å². The van der Waals surface area contributed by atoms with Gasteiger partial charge in [0.15, 0.2) is 0 Å². The minimum absolute atomic E-state index is 0.525. The molecule has 0 heterocycles. The second kappa shape index (κ2) is 18.1. The molecule has 0 unspecified atom stereocenters. The number of anilines is 2. The van der Waals surface area contributed by atoms with E-state index in [1.54, 1.807) is 0 Å². The Kier molecular flexibility index (Phi) is 10.9. The first-order valence-electron chi connectivity index (χ1n) is 23.9. The third-order valence-electron chi connectivity index (χ3n) is 13.9. The molecular formula is C68H48N2. The molecular weight excluding hydrogens is 845 g/mol. The molecule has 0 spiro atoms. The molecule has 0 bridgehead atoms. The summed E-state index contributed by atoms with van der Waals surface area (Å²) in [5.74, 6) is 0. The largest absolute Gasteiger partial charge is 0.397 e. The van der Waals surface area contributed by atoms with Crippen molar-refractivity contribution in [1.82, 2.24) is 0 Å². The van der Waals surface area contributed by atoms with Gasteiger partial charge in [0.2, 0.25) is 0 Å². The predicted octanol–water partition coefficient (Wildman–Crippen LogP) is 18.2. The van der Waals surface area contributed by atoms with E-state index in [1.165, 1.54) is 21.5 Å². The maximum absolute atomic E-state index is 7.91. The molecule has 0 atom stereocenters. The second-order valence-electron chi connectivity index (χ2n) is 17.8. The van der Waals surface area contributed by atoms with Gasteiger partial charge in [-0.3, -0.25) is 0 Å². The van der Waals surface area contributed by atoms with Crippen LogP contribution in [-0.2, 0) is 0 Å². The number of benzene rings is 12. The molecule has 12 rings (SSSR count). The van der Waals surface area contributed by atoms with Crippen LogP contribution in [0.1, 0.15) is 0 Å². The fourth-order valence-electron chi connectivity index (χ4n) is 10.8. The summed E-state index contributed by atoms with van der Waals surface area (Å²) in [5, 5.41) is 4.69. The SMILES string of the molecule is Nc1c(N)c(-c2ccccc2-c2cccc3ccccc23)c(-c2ccccc2-c2cccc3ccccc23)c(-c2ccccc2-c2ccccc2)c1-c1ccccc1-c1ccccc1-c1ccccc1. The van der Waals surface area contributed by atoms with E-state index in [9.17, 15) is 0 Å². The standard InChI is InChI=1S/C68H48N2/c69-67-65(61-41-19-15-37-57(61)53-35-13-11-33-49(53)45-23-3-1-4-24-45)63(59-39-17-12-34-52(59)46-25-5-2-6-26-46)64(60-40-18-14-36-56(60)54-43-21-29-47-27-7-9-31-50(47)54)66(68(67)70)62-42-20-16-38-58(62)55-44-22-30-48-28-8-10-32-51(48)55/h1-44H,69-70H2. The van der Waals surface area contributed by atoms with E-state index < -0.39 is 0 Å². The van der Waals surface area contributed by atoms with Gasteiger partial charge < -0.3 is 11.5 Å². The fraction of sp³-hybridized carbons (Fsp3) is 0. The van der Waals surface area contributed by atoms with Crippen molar-refractivity contribution in [2.24, 2.45) is 0 Å². The summed E-state index contributed by atoms with van der Waals surface area (Å²) in [4.78, 5) is 0. The quantitative estimate of drug-likeness (QED) is 0.142. The first-order chi connectivity index (χ1) is 34.6. The molecule has 0 aliphatic carbocycles. The molecule has 0 aliphatic heterocycles. The van der Waals surface area contributed by atoms with Crippen LogP contribution in [0.4, 0.5) is 11.4 Å². The monoisotopic (exact) mass is 892 g/mol. The van der Waals surface area contributed by atoms with Gasteiger partial charge >= 0.3 is 0 Å². The number of rotatable bonds is 9. The molecule has 0 radical (unpaired) electrons. The Labute approximate surface area is 409 Å². The van der Waals surface area contributed by atoms with Gasteiger partial charge in [-0.15, -0.1) is 0 Å². The average Bonchev–Trinajstić information content (AvgIpc) is 3.44. The summed E-state index contributed by atoms with van der Waals surface area (Å²) in [6, 6.07) is 95.5. The van der Waals surface area contributed by atoms with Crippen molar-refractivity contribution in [2.45, 2.75) is 0 Å². The van der Waals surface area contributed by atoms with E-state index in [2.05, 4.69) is 267 Å². The van der Waals surface area contributed by atoms with Crippen LogP contribution in [0.15, 0.2) is 267 Å². The average molecular weight is 893 g/mol. The number of hydrogen-bond acceptors (Lipinski definition) is 2.